The molecule has 0 spiro atoms. The fourth-order valence-electron chi connectivity index (χ4n) is 3.46. The Morgan fingerprint density at radius 3 is 2.80 bits per heavy atom. The summed E-state index contributed by atoms with van der Waals surface area (Å²) >= 11 is 0. The Labute approximate surface area is 123 Å². The third-order valence-corrected chi connectivity index (χ3v) is 4.70. The van der Waals surface area contributed by atoms with Crippen LogP contribution in [0, 0.1) is 24.6 Å². The molecule has 2 heteroatoms. The van der Waals surface area contributed by atoms with Crippen LogP contribution in [0.3, 0.4) is 0 Å². The van der Waals surface area contributed by atoms with Crippen molar-refractivity contribution in [1.82, 2.24) is 5.32 Å². The zero-order valence-corrected chi connectivity index (χ0v) is 13.1. The first-order valence-corrected chi connectivity index (χ1v) is 8.08. The highest BCUT2D eigenvalue weighted by molar-refractivity contribution is 5.28. The van der Waals surface area contributed by atoms with Gasteiger partial charge in [0.15, 0.2) is 0 Å². The molecule has 0 aromatic heterocycles. The molecule has 1 aliphatic rings. The molecule has 1 aliphatic carbocycles. The van der Waals surface area contributed by atoms with Crippen molar-refractivity contribution < 1.29 is 4.39 Å². The zero-order chi connectivity index (χ0) is 14.5. The van der Waals surface area contributed by atoms with E-state index in [1.165, 1.54) is 31.2 Å². The van der Waals surface area contributed by atoms with E-state index in [0.717, 1.165) is 24.6 Å². The minimum absolute atomic E-state index is 0.0849. The van der Waals surface area contributed by atoms with Gasteiger partial charge >= 0.3 is 0 Å². The number of benzene rings is 1. The summed E-state index contributed by atoms with van der Waals surface area (Å²) in [5.74, 6) is 1.98. The maximum atomic E-state index is 13.5. The fourth-order valence-corrected chi connectivity index (χ4v) is 3.46. The van der Waals surface area contributed by atoms with Crippen LogP contribution in [-0.4, -0.2) is 13.1 Å². The van der Waals surface area contributed by atoms with Crippen molar-refractivity contribution in [1.29, 1.82) is 0 Å². The van der Waals surface area contributed by atoms with Crippen LogP contribution in [0.25, 0.3) is 0 Å². The third-order valence-electron chi connectivity index (χ3n) is 4.70. The molecule has 0 saturated heterocycles. The molecule has 0 amide bonds. The van der Waals surface area contributed by atoms with Gasteiger partial charge in [0, 0.05) is 0 Å². The van der Waals surface area contributed by atoms with Crippen molar-refractivity contribution in [3.63, 3.8) is 0 Å². The van der Waals surface area contributed by atoms with Crippen LogP contribution in [0.5, 0.6) is 0 Å². The van der Waals surface area contributed by atoms with Crippen molar-refractivity contribution in [2.45, 2.75) is 52.4 Å². The highest BCUT2D eigenvalue weighted by Crippen LogP contribution is 2.40. The van der Waals surface area contributed by atoms with Crippen LogP contribution in [0.15, 0.2) is 18.2 Å². The van der Waals surface area contributed by atoms with Gasteiger partial charge in [0.25, 0.3) is 0 Å². The largest absolute Gasteiger partial charge is 0.316 e. The Kier molecular flexibility index (Phi) is 5.59. The molecule has 0 radical (unpaired) electrons. The van der Waals surface area contributed by atoms with Gasteiger partial charge in [-0.05, 0) is 74.2 Å². The Bertz CT molecular complexity index is 429. The zero-order valence-electron chi connectivity index (χ0n) is 13.1. The molecule has 2 rings (SSSR count). The van der Waals surface area contributed by atoms with Crippen molar-refractivity contribution >= 4 is 0 Å². The number of nitrogens with one attached hydrogen (secondary N) is 1. The van der Waals surface area contributed by atoms with Crippen molar-refractivity contribution in [3.05, 3.63) is 35.1 Å². The summed E-state index contributed by atoms with van der Waals surface area (Å²) in [6, 6.07) is 5.70. The molecule has 3 atom stereocenters. The van der Waals surface area contributed by atoms with Crippen LogP contribution in [-0.2, 0) is 0 Å². The molecule has 112 valence electrons. The van der Waals surface area contributed by atoms with Gasteiger partial charge in [0.1, 0.15) is 5.82 Å². The standard InChI is InChI=1S/C18H28FN/c1-4-9-20-12-16-6-5-13(2)10-17(16)15-7-8-18(19)14(3)11-15/h7-8,11,13,16-17,20H,4-6,9-10,12H2,1-3H3. The predicted molar refractivity (Wildman–Crippen MR) is 83.5 cm³/mol. The van der Waals surface area contributed by atoms with Gasteiger partial charge in [-0.2, -0.15) is 0 Å². The van der Waals surface area contributed by atoms with Crippen LogP contribution < -0.4 is 5.32 Å². The van der Waals surface area contributed by atoms with Gasteiger partial charge in [-0.3, -0.25) is 0 Å². The highest BCUT2D eigenvalue weighted by atomic mass is 19.1. The lowest BCUT2D eigenvalue weighted by atomic mass is 9.71. The van der Waals surface area contributed by atoms with E-state index in [0.29, 0.717) is 11.8 Å². The van der Waals surface area contributed by atoms with E-state index < -0.39 is 0 Å². The summed E-state index contributed by atoms with van der Waals surface area (Å²) in [5.41, 5.74) is 2.11. The average Bonchev–Trinajstić information content (AvgIpc) is 2.44. The normalized spacial score (nSPS) is 26.7. The van der Waals surface area contributed by atoms with Crippen molar-refractivity contribution in [2.75, 3.05) is 13.1 Å². The van der Waals surface area contributed by atoms with Crippen LogP contribution >= 0.6 is 0 Å². The molecule has 0 aliphatic heterocycles. The Balaban J connectivity index is 2.12. The van der Waals surface area contributed by atoms with Crippen LogP contribution in [0.2, 0.25) is 0 Å². The summed E-state index contributed by atoms with van der Waals surface area (Å²) in [6.45, 7) is 8.62. The first-order chi connectivity index (χ1) is 9.61. The molecule has 1 nitrogen and oxygen atoms in total. The van der Waals surface area contributed by atoms with E-state index in [1.54, 1.807) is 6.07 Å². The van der Waals surface area contributed by atoms with E-state index in [-0.39, 0.29) is 5.82 Å². The molecular formula is C18H28FN. The third kappa shape index (κ3) is 3.82. The van der Waals surface area contributed by atoms with Crippen molar-refractivity contribution in [3.8, 4) is 0 Å². The van der Waals surface area contributed by atoms with Crippen LogP contribution in [0.4, 0.5) is 4.39 Å². The molecule has 1 saturated carbocycles. The molecular weight excluding hydrogens is 249 g/mol. The van der Waals surface area contributed by atoms with E-state index in [9.17, 15) is 4.39 Å². The van der Waals surface area contributed by atoms with Crippen molar-refractivity contribution in [2.24, 2.45) is 11.8 Å². The van der Waals surface area contributed by atoms with Gasteiger partial charge in [0.05, 0.1) is 0 Å². The SMILES string of the molecule is CCCNCC1CCC(C)CC1c1ccc(F)c(C)c1. The lowest BCUT2D eigenvalue weighted by molar-refractivity contribution is 0.242. The Morgan fingerprint density at radius 2 is 2.10 bits per heavy atom. The van der Waals surface area contributed by atoms with Gasteiger partial charge in [-0.15, -0.1) is 0 Å². The van der Waals surface area contributed by atoms with E-state index in [1.807, 2.05) is 13.0 Å². The van der Waals surface area contributed by atoms with E-state index in [2.05, 4.69) is 25.2 Å². The molecule has 0 heterocycles. The summed E-state index contributed by atoms with van der Waals surface area (Å²) in [4.78, 5) is 0. The molecule has 1 aromatic rings. The Morgan fingerprint density at radius 1 is 1.30 bits per heavy atom. The maximum Gasteiger partial charge on any atom is 0.126 e. The van der Waals surface area contributed by atoms with E-state index >= 15 is 0 Å². The molecule has 0 bridgehead atoms. The lowest BCUT2D eigenvalue weighted by Crippen LogP contribution is -2.32. The topological polar surface area (TPSA) is 12.0 Å². The first kappa shape index (κ1) is 15.5. The molecule has 20 heavy (non-hydrogen) atoms. The van der Waals surface area contributed by atoms with Gasteiger partial charge < -0.3 is 5.32 Å². The molecule has 1 N–H and O–H groups in total. The quantitative estimate of drug-likeness (QED) is 0.772. The second kappa shape index (κ2) is 7.21. The smallest absolute Gasteiger partial charge is 0.126 e. The monoisotopic (exact) mass is 277 g/mol. The average molecular weight is 277 g/mol. The second-order valence-electron chi connectivity index (χ2n) is 6.50. The number of aryl methyl sites for hydroxylation is 1. The number of rotatable bonds is 5. The van der Waals surface area contributed by atoms with Gasteiger partial charge in [0.2, 0.25) is 0 Å². The van der Waals surface area contributed by atoms with E-state index in [4.69, 9.17) is 0 Å². The first-order valence-electron chi connectivity index (χ1n) is 8.08. The second-order valence-corrected chi connectivity index (χ2v) is 6.50. The Hall–Kier alpha value is -0.890. The summed E-state index contributed by atoms with van der Waals surface area (Å²) in [7, 11) is 0. The summed E-state index contributed by atoms with van der Waals surface area (Å²) in [6.07, 6.45) is 5.04. The minimum atomic E-state index is -0.0849. The van der Waals surface area contributed by atoms with Gasteiger partial charge in [-0.1, -0.05) is 32.4 Å². The lowest BCUT2D eigenvalue weighted by Gasteiger charge is -2.35. The summed E-state index contributed by atoms with van der Waals surface area (Å²) < 4.78 is 13.5. The molecule has 1 aromatic carbocycles. The predicted octanol–water partition coefficient (Wildman–Crippen LogP) is 4.65. The number of hydrogen-bond donors (Lipinski definition) is 1. The van der Waals surface area contributed by atoms with Gasteiger partial charge in [-0.25, -0.2) is 4.39 Å². The maximum absolute atomic E-state index is 13.5. The van der Waals surface area contributed by atoms with Crippen LogP contribution in [0.1, 0.15) is 56.6 Å². The number of hydrogen-bond acceptors (Lipinski definition) is 1. The highest BCUT2D eigenvalue weighted by Gasteiger charge is 2.29. The fraction of sp³-hybridized carbons (Fsp3) is 0.667. The molecule has 1 fully saturated rings. The minimum Gasteiger partial charge on any atom is -0.316 e. The number of halogens is 1. The summed E-state index contributed by atoms with van der Waals surface area (Å²) in [5, 5.41) is 3.57. The molecule has 3 unspecified atom stereocenters.